The number of aryl methyl sites for hydroxylation is 3. The van der Waals surface area contributed by atoms with Crippen LogP contribution in [0.15, 0.2) is 18.3 Å². The molecule has 2 N–H and O–H groups in total. The first kappa shape index (κ1) is 9.71. The summed E-state index contributed by atoms with van der Waals surface area (Å²) in [5.74, 6) is 1.55. The maximum atomic E-state index is 4.37. The van der Waals surface area contributed by atoms with Gasteiger partial charge in [-0.05, 0) is 38.5 Å². The molecule has 0 saturated carbocycles. The summed E-state index contributed by atoms with van der Waals surface area (Å²) < 4.78 is 0. The summed E-state index contributed by atoms with van der Waals surface area (Å²) in [7, 11) is 0. The van der Waals surface area contributed by atoms with Crippen molar-refractivity contribution in [2.75, 3.05) is 5.32 Å². The van der Waals surface area contributed by atoms with Crippen molar-refractivity contribution < 1.29 is 0 Å². The van der Waals surface area contributed by atoms with Gasteiger partial charge in [0, 0.05) is 17.6 Å². The molecule has 78 valence electrons. The van der Waals surface area contributed by atoms with Gasteiger partial charge in [-0.2, -0.15) is 0 Å². The summed E-state index contributed by atoms with van der Waals surface area (Å²) in [4.78, 5) is 11.6. The minimum Gasteiger partial charge on any atom is -0.328 e. The average molecular weight is 202 g/mol. The minimum atomic E-state index is 0.727. The molecular weight excluding hydrogens is 188 g/mol. The molecule has 2 aromatic heterocycles. The van der Waals surface area contributed by atoms with Crippen LogP contribution in [0.3, 0.4) is 0 Å². The monoisotopic (exact) mass is 202 g/mol. The van der Waals surface area contributed by atoms with Crippen molar-refractivity contribution in [3.63, 3.8) is 0 Å². The number of nitrogens with one attached hydrogen (secondary N) is 2. The Morgan fingerprint density at radius 3 is 2.60 bits per heavy atom. The molecular formula is C11H14N4. The third-order valence-electron chi connectivity index (χ3n) is 2.05. The Balaban J connectivity index is 2.24. The largest absolute Gasteiger partial charge is 0.328 e. The Bertz CT molecular complexity index is 453. The van der Waals surface area contributed by atoms with Crippen LogP contribution in [0, 0.1) is 20.8 Å². The SMILES string of the molecule is Cc1cc(C)nc(Nc2ncc(C)[nH]2)c1. The van der Waals surface area contributed by atoms with Gasteiger partial charge >= 0.3 is 0 Å². The molecule has 0 aromatic carbocycles. The van der Waals surface area contributed by atoms with E-state index in [4.69, 9.17) is 0 Å². The van der Waals surface area contributed by atoms with Gasteiger partial charge in [0.25, 0.3) is 0 Å². The number of imidazole rings is 1. The number of H-pyrrole nitrogens is 1. The fourth-order valence-electron chi connectivity index (χ4n) is 1.50. The van der Waals surface area contributed by atoms with Crippen LogP contribution < -0.4 is 5.32 Å². The van der Waals surface area contributed by atoms with Gasteiger partial charge in [0.15, 0.2) is 0 Å². The smallest absolute Gasteiger partial charge is 0.205 e. The van der Waals surface area contributed by atoms with Crippen LogP contribution >= 0.6 is 0 Å². The lowest BCUT2D eigenvalue weighted by Gasteiger charge is -2.04. The predicted octanol–water partition coefficient (Wildman–Crippen LogP) is 2.47. The molecule has 0 saturated heterocycles. The van der Waals surface area contributed by atoms with E-state index >= 15 is 0 Å². The fraction of sp³-hybridized carbons (Fsp3) is 0.273. The molecule has 0 spiro atoms. The fourth-order valence-corrected chi connectivity index (χ4v) is 1.50. The van der Waals surface area contributed by atoms with Crippen LogP contribution in [0.5, 0.6) is 0 Å². The molecule has 4 heteroatoms. The van der Waals surface area contributed by atoms with E-state index in [1.807, 2.05) is 32.9 Å². The van der Waals surface area contributed by atoms with Gasteiger partial charge in [0.05, 0.1) is 0 Å². The third-order valence-corrected chi connectivity index (χ3v) is 2.05. The van der Waals surface area contributed by atoms with E-state index < -0.39 is 0 Å². The highest BCUT2D eigenvalue weighted by Gasteiger charge is 2.00. The van der Waals surface area contributed by atoms with Gasteiger partial charge in [-0.25, -0.2) is 9.97 Å². The van der Waals surface area contributed by atoms with Crippen LogP contribution in [-0.4, -0.2) is 15.0 Å². The zero-order valence-electron chi connectivity index (χ0n) is 9.13. The molecule has 0 aliphatic rings. The van der Waals surface area contributed by atoms with Gasteiger partial charge in [0.1, 0.15) is 5.82 Å². The molecule has 0 aliphatic heterocycles. The number of hydrogen-bond acceptors (Lipinski definition) is 3. The van der Waals surface area contributed by atoms with E-state index in [1.165, 1.54) is 5.56 Å². The Labute approximate surface area is 88.8 Å². The van der Waals surface area contributed by atoms with Gasteiger partial charge in [0.2, 0.25) is 5.95 Å². The molecule has 0 aliphatic carbocycles. The highest BCUT2D eigenvalue weighted by molar-refractivity contribution is 5.49. The van der Waals surface area contributed by atoms with Gasteiger partial charge in [-0.3, -0.25) is 0 Å². The lowest BCUT2D eigenvalue weighted by molar-refractivity contribution is 1.15. The van der Waals surface area contributed by atoms with E-state index in [2.05, 4.69) is 20.3 Å². The summed E-state index contributed by atoms with van der Waals surface area (Å²) in [5.41, 5.74) is 3.22. The molecule has 2 heterocycles. The molecule has 0 fully saturated rings. The summed E-state index contributed by atoms with van der Waals surface area (Å²) >= 11 is 0. The van der Waals surface area contributed by atoms with Crippen molar-refractivity contribution in [1.82, 2.24) is 15.0 Å². The standard InChI is InChI=1S/C11H14N4/c1-7-4-8(2)13-10(5-7)15-11-12-6-9(3)14-11/h4-6H,1-3H3,(H2,12,13,14,15). The predicted molar refractivity (Wildman–Crippen MR) is 60.3 cm³/mol. The second kappa shape index (κ2) is 3.73. The summed E-state index contributed by atoms with van der Waals surface area (Å²) in [6.07, 6.45) is 1.78. The number of anilines is 2. The zero-order valence-corrected chi connectivity index (χ0v) is 9.13. The van der Waals surface area contributed by atoms with E-state index in [0.717, 1.165) is 23.2 Å². The van der Waals surface area contributed by atoms with E-state index in [1.54, 1.807) is 6.20 Å². The molecule has 0 bridgehead atoms. The lowest BCUT2D eigenvalue weighted by atomic mass is 10.2. The first-order valence-electron chi connectivity index (χ1n) is 4.87. The molecule has 0 amide bonds. The van der Waals surface area contributed by atoms with Crippen molar-refractivity contribution in [3.05, 3.63) is 35.3 Å². The molecule has 4 nitrogen and oxygen atoms in total. The van der Waals surface area contributed by atoms with Gasteiger partial charge < -0.3 is 10.3 Å². The van der Waals surface area contributed by atoms with Crippen molar-refractivity contribution in [2.45, 2.75) is 20.8 Å². The van der Waals surface area contributed by atoms with E-state index in [9.17, 15) is 0 Å². The minimum absolute atomic E-state index is 0.727. The summed E-state index contributed by atoms with van der Waals surface area (Å²) in [6, 6.07) is 4.03. The maximum absolute atomic E-state index is 4.37. The third kappa shape index (κ3) is 2.34. The molecule has 15 heavy (non-hydrogen) atoms. The number of pyridine rings is 1. The number of nitrogens with zero attached hydrogens (tertiary/aromatic N) is 2. The Morgan fingerprint density at radius 1 is 1.20 bits per heavy atom. The zero-order chi connectivity index (χ0) is 10.8. The van der Waals surface area contributed by atoms with Crippen LogP contribution in [0.2, 0.25) is 0 Å². The Morgan fingerprint density at radius 2 is 2.00 bits per heavy atom. The Kier molecular flexibility index (Phi) is 2.41. The lowest BCUT2D eigenvalue weighted by Crippen LogP contribution is -1.97. The average Bonchev–Trinajstić information content (AvgIpc) is 2.49. The van der Waals surface area contributed by atoms with Crippen LogP contribution in [0.25, 0.3) is 0 Å². The second-order valence-electron chi connectivity index (χ2n) is 3.71. The first-order chi connectivity index (χ1) is 7.13. The number of aromatic amines is 1. The highest BCUT2D eigenvalue weighted by atomic mass is 15.1. The van der Waals surface area contributed by atoms with E-state index in [0.29, 0.717) is 0 Å². The number of aromatic nitrogens is 3. The molecule has 2 rings (SSSR count). The topological polar surface area (TPSA) is 53.6 Å². The molecule has 0 radical (unpaired) electrons. The van der Waals surface area contributed by atoms with Crippen LogP contribution in [0.1, 0.15) is 17.0 Å². The normalized spacial score (nSPS) is 10.3. The van der Waals surface area contributed by atoms with Crippen molar-refractivity contribution in [2.24, 2.45) is 0 Å². The second-order valence-corrected chi connectivity index (χ2v) is 3.71. The number of rotatable bonds is 2. The van der Waals surface area contributed by atoms with Crippen molar-refractivity contribution in [3.8, 4) is 0 Å². The van der Waals surface area contributed by atoms with Crippen LogP contribution in [-0.2, 0) is 0 Å². The summed E-state index contributed by atoms with van der Waals surface area (Å²) in [5, 5.41) is 3.13. The molecule has 0 unspecified atom stereocenters. The van der Waals surface area contributed by atoms with Crippen molar-refractivity contribution in [1.29, 1.82) is 0 Å². The number of hydrogen-bond donors (Lipinski definition) is 2. The first-order valence-corrected chi connectivity index (χ1v) is 4.87. The van der Waals surface area contributed by atoms with Gasteiger partial charge in [-0.1, -0.05) is 0 Å². The Hall–Kier alpha value is -1.84. The summed E-state index contributed by atoms with van der Waals surface area (Å²) in [6.45, 7) is 5.99. The molecule has 2 aromatic rings. The van der Waals surface area contributed by atoms with Gasteiger partial charge in [-0.15, -0.1) is 0 Å². The molecule has 0 atom stereocenters. The highest BCUT2D eigenvalue weighted by Crippen LogP contribution is 2.13. The van der Waals surface area contributed by atoms with E-state index in [-0.39, 0.29) is 0 Å². The quantitative estimate of drug-likeness (QED) is 0.786. The van der Waals surface area contributed by atoms with Crippen LogP contribution in [0.4, 0.5) is 11.8 Å². The maximum Gasteiger partial charge on any atom is 0.205 e. The van der Waals surface area contributed by atoms with Crippen molar-refractivity contribution >= 4 is 11.8 Å².